The minimum Gasteiger partial charge on any atom is -0.481 e. The van der Waals surface area contributed by atoms with E-state index in [1.807, 2.05) is 116 Å². The maximum atomic E-state index is 12.1. The molecule has 194 valence electrons. The van der Waals surface area contributed by atoms with Gasteiger partial charge in [-0.2, -0.15) is 0 Å². The van der Waals surface area contributed by atoms with Gasteiger partial charge in [0.25, 0.3) is 0 Å². The van der Waals surface area contributed by atoms with Crippen molar-refractivity contribution in [1.29, 1.82) is 0 Å². The van der Waals surface area contributed by atoms with Gasteiger partial charge in [0.1, 0.15) is 23.0 Å². The number of pyridine rings is 1. The molecule has 0 unspecified atom stereocenters. The van der Waals surface area contributed by atoms with E-state index in [4.69, 9.17) is 9.51 Å². The lowest BCUT2D eigenvalue weighted by Crippen LogP contribution is -2.19. The third-order valence-corrected chi connectivity index (χ3v) is 7.40. The van der Waals surface area contributed by atoms with E-state index in [1.165, 1.54) is 0 Å². The van der Waals surface area contributed by atoms with Crippen molar-refractivity contribution in [2.75, 3.05) is 17.3 Å². The van der Waals surface area contributed by atoms with Crippen molar-refractivity contribution >= 4 is 29.0 Å². The van der Waals surface area contributed by atoms with E-state index in [1.54, 1.807) is 0 Å². The number of carbonyl (C=O) groups is 1. The minimum atomic E-state index is -0.843. The van der Waals surface area contributed by atoms with Crippen molar-refractivity contribution in [3.8, 4) is 22.5 Å². The summed E-state index contributed by atoms with van der Waals surface area (Å²) in [6, 6.07) is 31.7. The molecule has 6 rings (SSSR count). The molecular formula is C32H28N4O3. The van der Waals surface area contributed by atoms with Crippen molar-refractivity contribution in [3.05, 3.63) is 108 Å². The second-order valence-electron chi connectivity index (χ2n) is 9.89. The quantitative estimate of drug-likeness (QED) is 0.223. The van der Waals surface area contributed by atoms with E-state index in [0.717, 1.165) is 33.8 Å². The fourth-order valence-corrected chi connectivity index (χ4v) is 4.94. The van der Waals surface area contributed by atoms with Crippen LogP contribution in [0.3, 0.4) is 0 Å². The van der Waals surface area contributed by atoms with Crippen LogP contribution in [-0.4, -0.2) is 28.3 Å². The second-order valence-corrected chi connectivity index (χ2v) is 9.89. The molecular weight excluding hydrogens is 488 g/mol. The first-order valence-corrected chi connectivity index (χ1v) is 12.9. The Hall–Kier alpha value is -4.91. The molecule has 1 saturated carbocycles. The van der Waals surface area contributed by atoms with E-state index in [9.17, 15) is 9.90 Å². The average molecular weight is 517 g/mol. The lowest BCUT2D eigenvalue weighted by Gasteiger charge is -2.19. The van der Waals surface area contributed by atoms with Crippen molar-refractivity contribution in [2.24, 2.45) is 0 Å². The highest BCUT2D eigenvalue weighted by Crippen LogP contribution is 2.50. The van der Waals surface area contributed by atoms with Gasteiger partial charge in [0.05, 0.1) is 5.41 Å². The molecule has 0 radical (unpaired) electrons. The zero-order chi connectivity index (χ0) is 27.0. The lowest BCUT2D eigenvalue weighted by molar-refractivity contribution is -0.140. The summed E-state index contributed by atoms with van der Waals surface area (Å²) in [6.07, 6.45) is 1.25. The van der Waals surface area contributed by atoms with Crippen molar-refractivity contribution < 1.29 is 14.4 Å². The molecule has 0 saturated heterocycles. The van der Waals surface area contributed by atoms with Gasteiger partial charge in [-0.05, 0) is 66.8 Å². The van der Waals surface area contributed by atoms with Crippen molar-refractivity contribution in [3.63, 3.8) is 0 Å². The number of benzene rings is 3. The molecule has 0 atom stereocenters. The van der Waals surface area contributed by atoms with Crippen LogP contribution in [0.4, 0.5) is 23.0 Å². The van der Waals surface area contributed by atoms with Crippen LogP contribution in [0.1, 0.15) is 24.1 Å². The smallest absolute Gasteiger partial charge is 0.314 e. The number of hydrogen-bond donors (Lipinski definition) is 2. The first kappa shape index (κ1) is 24.4. The maximum absolute atomic E-state index is 12.1. The van der Waals surface area contributed by atoms with E-state index < -0.39 is 11.4 Å². The third-order valence-electron chi connectivity index (χ3n) is 7.40. The third kappa shape index (κ3) is 4.52. The molecule has 2 heterocycles. The molecule has 0 spiro atoms. The molecule has 7 heteroatoms. The van der Waals surface area contributed by atoms with Crippen LogP contribution in [0.15, 0.2) is 102 Å². The number of aliphatic carboxylic acids is 1. The van der Waals surface area contributed by atoms with Gasteiger partial charge in [0.2, 0.25) is 0 Å². The summed E-state index contributed by atoms with van der Waals surface area (Å²) < 4.78 is 5.91. The van der Waals surface area contributed by atoms with E-state index in [0.29, 0.717) is 35.8 Å². The van der Waals surface area contributed by atoms with Gasteiger partial charge in [-0.15, -0.1) is 0 Å². The van der Waals surface area contributed by atoms with Gasteiger partial charge in [-0.1, -0.05) is 71.9 Å². The van der Waals surface area contributed by atoms with E-state index in [-0.39, 0.29) is 0 Å². The molecule has 3 aromatic carbocycles. The monoisotopic (exact) mass is 516 g/mol. The molecule has 5 aromatic rings. The molecule has 0 amide bonds. The fraction of sp³-hybridized carbons (Fsp3) is 0.156. The zero-order valence-corrected chi connectivity index (χ0v) is 21.8. The molecule has 39 heavy (non-hydrogen) atoms. The van der Waals surface area contributed by atoms with Gasteiger partial charge >= 0.3 is 5.97 Å². The molecule has 7 nitrogen and oxygen atoms in total. The summed E-state index contributed by atoms with van der Waals surface area (Å²) >= 11 is 0. The first-order valence-electron chi connectivity index (χ1n) is 12.9. The predicted molar refractivity (Wildman–Crippen MR) is 153 cm³/mol. The number of carboxylic acid groups (broad SMARTS) is 1. The van der Waals surface area contributed by atoms with Crippen LogP contribution >= 0.6 is 0 Å². The number of hydrogen-bond acceptors (Lipinski definition) is 6. The summed E-state index contributed by atoms with van der Waals surface area (Å²) in [5.41, 5.74) is 5.05. The standard InChI is InChI=1S/C32H28N4O3/c1-21-29(34-27-14-9-15-28(33-27)36(2)24-12-7-4-8-13-24)30(39-35-21)26-20-23(32(18-19-32)31(37)38)16-17-25(26)22-10-5-3-6-11-22/h3-17,20H,18-19H2,1-2H3,(H,33,34)(H,37,38). The number of nitrogens with one attached hydrogen (secondary N) is 1. The van der Waals surface area contributed by atoms with Crippen LogP contribution in [0.25, 0.3) is 22.5 Å². The Bertz CT molecular complexity index is 1640. The Morgan fingerprint density at radius 1 is 0.923 bits per heavy atom. The van der Waals surface area contributed by atoms with Crippen LogP contribution in [0.5, 0.6) is 0 Å². The van der Waals surface area contributed by atoms with Crippen LogP contribution in [0.2, 0.25) is 0 Å². The highest BCUT2D eigenvalue weighted by atomic mass is 16.5. The molecule has 1 fully saturated rings. The average Bonchev–Trinajstić information content (AvgIpc) is 3.72. The Balaban J connectivity index is 1.42. The number of anilines is 4. The van der Waals surface area contributed by atoms with Crippen LogP contribution in [-0.2, 0) is 10.2 Å². The summed E-state index contributed by atoms with van der Waals surface area (Å²) in [4.78, 5) is 19.0. The number of rotatable bonds is 8. The molecule has 0 bridgehead atoms. The van der Waals surface area contributed by atoms with Gasteiger partial charge in [-0.3, -0.25) is 4.79 Å². The topological polar surface area (TPSA) is 91.5 Å². The molecule has 2 aromatic heterocycles. The van der Waals surface area contributed by atoms with Gasteiger partial charge < -0.3 is 19.8 Å². The molecule has 1 aliphatic rings. The lowest BCUT2D eigenvalue weighted by atomic mass is 9.89. The fourth-order valence-electron chi connectivity index (χ4n) is 4.94. The SMILES string of the molecule is Cc1noc(-c2cc(C3(C(=O)O)CC3)ccc2-c2ccccc2)c1Nc1cccc(N(C)c2ccccc2)n1. The Morgan fingerprint density at radius 2 is 1.64 bits per heavy atom. The van der Waals surface area contributed by atoms with Crippen molar-refractivity contribution in [1.82, 2.24) is 10.1 Å². The van der Waals surface area contributed by atoms with Crippen molar-refractivity contribution in [2.45, 2.75) is 25.2 Å². The highest BCUT2D eigenvalue weighted by molar-refractivity contribution is 5.91. The largest absolute Gasteiger partial charge is 0.481 e. The predicted octanol–water partition coefficient (Wildman–Crippen LogP) is 7.34. The summed E-state index contributed by atoms with van der Waals surface area (Å²) in [7, 11) is 1.98. The van der Waals surface area contributed by atoms with E-state index >= 15 is 0 Å². The van der Waals surface area contributed by atoms with Gasteiger partial charge in [0.15, 0.2) is 5.76 Å². The van der Waals surface area contributed by atoms with Gasteiger partial charge in [-0.25, -0.2) is 4.98 Å². The number of aryl methyl sites for hydroxylation is 1. The van der Waals surface area contributed by atoms with Gasteiger partial charge in [0, 0.05) is 18.3 Å². The minimum absolute atomic E-state index is 0.540. The number of nitrogens with zero attached hydrogens (tertiary/aromatic N) is 3. The Morgan fingerprint density at radius 3 is 2.33 bits per heavy atom. The molecule has 1 aliphatic carbocycles. The molecule has 0 aliphatic heterocycles. The van der Waals surface area contributed by atoms with Crippen LogP contribution in [0, 0.1) is 6.92 Å². The summed E-state index contributed by atoms with van der Waals surface area (Å²) in [6.45, 7) is 1.88. The summed E-state index contributed by atoms with van der Waals surface area (Å²) in [5, 5.41) is 17.7. The number of aromatic nitrogens is 2. The Labute approximate surface area is 226 Å². The molecule has 2 N–H and O–H groups in total. The van der Waals surface area contributed by atoms with E-state index in [2.05, 4.69) is 10.5 Å². The van der Waals surface area contributed by atoms with Crippen LogP contribution < -0.4 is 10.2 Å². The zero-order valence-electron chi connectivity index (χ0n) is 21.8. The summed E-state index contributed by atoms with van der Waals surface area (Å²) in [5.74, 6) is 1.17. The first-order chi connectivity index (χ1) is 19.0. The maximum Gasteiger partial charge on any atom is 0.314 e. The Kier molecular flexibility index (Phi) is 6.11. The number of para-hydroxylation sites is 1. The normalized spacial score (nSPS) is 13.6. The highest BCUT2D eigenvalue weighted by Gasteiger charge is 2.52. The second kappa shape index (κ2) is 9.76. The number of carboxylic acids is 1.